The van der Waals surface area contributed by atoms with E-state index in [9.17, 15) is 9.59 Å². The number of esters is 1. The van der Waals surface area contributed by atoms with E-state index in [-0.39, 0.29) is 25.5 Å². The molecule has 38 heavy (non-hydrogen) atoms. The van der Waals surface area contributed by atoms with Crippen molar-refractivity contribution in [2.75, 3.05) is 34.5 Å². The Morgan fingerprint density at radius 3 is 2.53 bits per heavy atom. The van der Waals surface area contributed by atoms with Crippen LogP contribution in [0.5, 0.6) is 11.5 Å². The minimum atomic E-state index is -0.647. The highest BCUT2D eigenvalue weighted by atomic mass is 32.2. The lowest BCUT2D eigenvalue weighted by molar-refractivity contribution is -0.141. The van der Waals surface area contributed by atoms with Crippen molar-refractivity contribution in [1.82, 2.24) is 10.2 Å². The highest BCUT2D eigenvalue weighted by Crippen LogP contribution is 2.48. The number of amides is 1. The summed E-state index contributed by atoms with van der Waals surface area (Å²) in [6.45, 7) is 2.57. The Bertz CT molecular complexity index is 1270. The molecule has 1 amide bonds. The van der Waals surface area contributed by atoms with Crippen LogP contribution in [0.2, 0.25) is 0 Å². The number of ether oxygens (including phenoxy) is 4. The Hall–Kier alpha value is -3.76. The Morgan fingerprint density at radius 2 is 1.82 bits per heavy atom. The van der Waals surface area contributed by atoms with Crippen molar-refractivity contribution in [3.05, 3.63) is 82.0 Å². The number of para-hydroxylation sites is 1. The van der Waals surface area contributed by atoms with Gasteiger partial charge in [-0.25, -0.2) is 9.79 Å². The zero-order valence-electron chi connectivity index (χ0n) is 21.9. The van der Waals surface area contributed by atoms with E-state index in [0.29, 0.717) is 45.7 Å². The predicted octanol–water partition coefficient (Wildman–Crippen LogP) is 4.17. The van der Waals surface area contributed by atoms with Gasteiger partial charge in [0.25, 0.3) is 0 Å². The third kappa shape index (κ3) is 5.87. The maximum Gasteiger partial charge on any atom is 0.338 e. The number of aliphatic imine (C=N–C) groups is 1. The lowest BCUT2D eigenvalue weighted by Crippen LogP contribution is -2.38. The maximum atomic E-state index is 13.4. The molecule has 2 aliphatic rings. The number of methoxy groups -OCH3 is 3. The van der Waals surface area contributed by atoms with E-state index in [4.69, 9.17) is 23.9 Å². The number of hydrogen-bond donors (Lipinski definition) is 1. The van der Waals surface area contributed by atoms with E-state index in [0.717, 1.165) is 5.56 Å². The minimum absolute atomic E-state index is 0.101. The zero-order chi connectivity index (χ0) is 27.1. The largest absolute Gasteiger partial charge is 0.493 e. The molecule has 0 aliphatic carbocycles. The van der Waals surface area contributed by atoms with E-state index in [1.165, 1.54) is 11.8 Å². The second-order valence-electron chi connectivity index (χ2n) is 8.54. The van der Waals surface area contributed by atoms with Crippen LogP contribution in [-0.2, 0) is 25.6 Å². The Labute approximate surface area is 226 Å². The first-order chi connectivity index (χ1) is 18.5. The first kappa shape index (κ1) is 27.3. The summed E-state index contributed by atoms with van der Waals surface area (Å²) in [5.41, 5.74) is 3.30. The second kappa shape index (κ2) is 12.7. The number of rotatable bonds is 11. The number of allylic oxidation sites excluding steroid dienone is 1. The second-order valence-corrected chi connectivity index (χ2v) is 9.38. The van der Waals surface area contributed by atoms with Gasteiger partial charge in [-0.15, -0.1) is 0 Å². The summed E-state index contributed by atoms with van der Waals surface area (Å²) in [5.74, 6) is 0.355. The van der Waals surface area contributed by atoms with E-state index in [2.05, 4.69) is 5.32 Å². The average Bonchev–Trinajstić information content (AvgIpc) is 3.32. The highest BCUT2D eigenvalue weighted by Gasteiger charge is 2.42. The molecule has 1 atom stereocenters. The van der Waals surface area contributed by atoms with Gasteiger partial charge in [0, 0.05) is 24.9 Å². The molecular weight excluding hydrogens is 506 g/mol. The number of carbonyl (C=O) groups excluding carboxylic acids is 2. The van der Waals surface area contributed by atoms with Crippen molar-refractivity contribution in [3.63, 3.8) is 0 Å². The van der Waals surface area contributed by atoms with Crippen LogP contribution in [-0.4, -0.2) is 56.5 Å². The lowest BCUT2D eigenvalue weighted by atomic mass is 9.92. The van der Waals surface area contributed by atoms with Gasteiger partial charge in [-0.05, 0) is 24.0 Å². The Balaban J connectivity index is 1.68. The van der Waals surface area contributed by atoms with Crippen molar-refractivity contribution in [3.8, 4) is 11.5 Å². The average molecular weight is 538 g/mol. The smallest absolute Gasteiger partial charge is 0.338 e. The molecule has 0 saturated heterocycles. The molecule has 2 heterocycles. The van der Waals surface area contributed by atoms with Crippen molar-refractivity contribution >= 4 is 28.8 Å². The molecule has 2 aromatic rings. The van der Waals surface area contributed by atoms with Gasteiger partial charge in [-0.2, -0.15) is 0 Å². The molecular formula is C28H31N3O6S. The summed E-state index contributed by atoms with van der Waals surface area (Å²) >= 11 is 1.41. The Kier molecular flexibility index (Phi) is 9.09. The van der Waals surface area contributed by atoms with Crippen molar-refractivity contribution < 1.29 is 28.5 Å². The molecule has 9 nitrogen and oxygen atoms in total. The monoisotopic (exact) mass is 537 g/mol. The molecule has 0 saturated carbocycles. The van der Waals surface area contributed by atoms with Crippen molar-refractivity contribution in [1.29, 1.82) is 0 Å². The SMILES string of the molecule is COCCOC(=O)C1=C(C)N=C2SC=C(CC(=O)NCc3ccccc3)N2C1c1cccc(OC)c1OC. The zero-order valence-corrected chi connectivity index (χ0v) is 22.7. The van der Waals surface area contributed by atoms with Gasteiger partial charge >= 0.3 is 5.97 Å². The standard InChI is InChI=1S/C28H31N3O6S/c1-18-24(27(33)37-14-13-34-2)25(21-11-8-12-22(35-3)26(21)36-4)31-20(17-38-28(31)30-18)15-23(32)29-16-19-9-6-5-7-10-19/h5-12,17,25H,13-16H2,1-4H3,(H,29,32). The number of nitrogens with one attached hydrogen (secondary N) is 1. The summed E-state index contributed by atoms with van der Waals surface area (Å²) in [6.07, 6.45) is 0.104. The normalized spacial score (nSPS) is 16.4. The van der Waals surface area contributed by atoms with Crippen LogP contribution >= 0.6 is 11.8 Å². The molecule has 1 unspecified atom stereocenters. The molecule has 1 N–H and O–H groups in total. The molecule has 0 bridgehead atoms. The van der Waals surface area contributed by atoms with Crippen LogP contribution in [0.4, 0.5) is 0 Å². The third-order valence-electron chi connectivity index (χ3n) is 6.14. The van der Waals surface area contributed by atoms with Gasteiger partial charge in [0.05, 0.1) is 44.6 Å². The fourth-order valence-corrected chi connectivity index (χ4v) is 5.34. The molecule has 2 aromatic carbocycles. The molecule has 0 aromatic heterocycles. The Morgan fingerprint density at radius 1 is 1.03 bits per heavy atom. The van der Waals surface area contributed by atoms with E-state index < -0.39 is 12.0 Å². The van der Waals surface area contributed by atoms with Gasteiger partial charge in [0.2, 0.25) is 5.91 Å². The quantitative estimate of drug-likeness (QED) is 0.337. The van der Waals surface area contributed by atoms with Gasteiger partial charge in [0.1, 0.15) is 6.61 Å². The fourth-order valence-electron chi connectivity index (χ4n) is 4.37. The molecule has 4 rings (SSSR count). The predicted molar refractivity (Wildman–Crippen MR) is 146 cm³/mol. The highest BCUT2D eigenvalue weighted by molar-refractivity contribution is 8.16. The van der Waals surface area contributed by atoms with E-state index in [1.807, 2.05) is 52.8 Å². The fraction of sp³-hybridized carbons (Fsp3) is 0.321. The third-order valence-corrected chi connectivity index (χ3v) is 7.03. The van der Waals surface area contributed by atoms with Crippen molar-refractivity contribution in [2.24, 2.45) is 4.99 Å². The number of amidine groups is 1. The number of nitrogens with zero attached hydrogens (tertiary/aromatic N) is 2. The molecule has 10 heteroatoms. The van der Waals surface area contributed by atoms with Crippen LogP contribution in [0.15, 0.2) is 75.9 Å². The van der Waals surface area contributed by atoms with Gasteiger partial charge in [-0.1, -0.05) is 54.2 Å². The number of hydrogen-bond acceptors (Lipinski definition) is 9. The summed E-state index contributed by atoms with van der Waals surface area (Å²) in [5, 5.41) is 5.54. The maximum absolute atomic E-state index is 13.4. The lowest BCUT2D eigenvalue weighted by Gasteiger charge is -2.37. The summed E-state index contributed by atoms with van der Waals surface area (Å²) in [7, 11) is 4.66. The first-order valence-electron chi connectivity index (χ1n) is 12.1. The molecule has 0 spiro atoms. The number of benzene rings is 2. The molecule has 200 valence electrons. The van der Waals surface area contributed by atoms with Crippen molar-refractivity contribution in [2.45, 2.75) is 25.9 Å². The van der Waals surface area contributed by atoms with Gasteiger partial charge in [-0.3, -0.25) is 4.79 Å². The molecule has 0 fully saturated rings. The van der Waals surface area contributed by atoms with Gasteiger partial charge in [0.15, 0.2) is 16.7 Å². The number of thioether (sulfide) groups is 1. The number of carbonyl (C=O) groups is 2. The number of fused-ring (bicyclic) bond motifs is 1. The van der Waals surface area contributed by atoms with Crippen LogP contribution in [0.25, 0.3) is 0 Å². The summed E-state index contributed by atoms with van der Waals surface area (Å²) in [6, 6.07) is 14.6. The summed E-state index contributed by atoms with van der Waals surface area (Å²) < 4.78 is 21.9. The van der Waals surface area contributed by atoms with Crippen LogP contribution in [0.1, 0.15) is 30.5 Å². The molecule has 0 radical (unpaired) electrons. The minimum Gasteiger partial charge on any atom is -0.493 e. The summed E-state index contributed by atoms with van der Waals surface area (Å²) in [4.78, 5) is 33.0. The van der Waals surface area contributed by atoms with E-state index in [1.54, 1.807) is 34.3 Å². The van der Waals surface area contributed by atoms with Crippen LogP contribution < -0.4 is 14.8 Å². The molecule has 2 aliphatic heterocycles. The van der Waals surface area contributed by atoms with Crippen LogP contribution in [0.3, 0.4) is 0 Å². The first-order valence-corrected chi connectivity index (χ1v) is 13.0. The topological polar surface area (TPSA) is 98.7 Å². The van der Waals surface area contributed by atoms with E-state index >= 15 is 0 Å². The van der Waals surface area contributed by atoms with Gasteiger partial charge < -0.3 is 29.2 Å². The van der Waals surface area contributed by atoms with Crippen LogP contribution in [0, 0.1) is 0 Å².